The largest absolute Gasteiger partial charge is 0.497 e. The Bertz CT molecular complexity index is 1110. The number of hydrogen-bond donors (Lipinski definition) is 0. The monoisotopic (exact) mass is 386 g/mol. The number of pyridine rings is 2. The van der Waals surface area contributed by atoms with Crippen LogP contribution < -0.4 is 14.2 Å². The minimum atomic E-state index is 0.460. The maximum Gasteiger partial charge on any atom is 0.161 e. The van der Waals surface area contributed by atoms with Crippen LogP contribution in [0.1, 0.15) is 16.7 Å². The molecule has 4 aromatic rings. The molecule has 0 aliphatic rings. The summed E-state index contributed by atoms with van der Waals surface area (Å²) in [6, 6.07) is 17.9. The van der Waals surface area contributed by atoms with Gasteiger partial charge in [-0.05, 0) is 59.5 Å². The van der Waals surface area contributed by atoms with Gasteiger partial charge >= 0.3 is 0 Å². The standard InChI is InChI=1S/C24H22N2O3/c1-27-20-6-3-17(4-7-20)16-29-23-8-5-18(14-24(23)28-2)13-19-9-12-26-22-15-25-11-10-21(19)22/h3-12,14-15H,13,16H2,1-2H3. The van der Waals surface area contributed by atoms with Gasteiger partial charge < -0.3 is 14.2 Å². The Balaban J connectivity index is 1.51. The third-order valence-corrected chi connectivity index (χ3v) is 4.81. The third-order valence-electron chi connectivity index (χ3n) is 4.81. The van der Waals surface area contributed by atoms with E-state index in [4.69, 9.17) is 14.2 Å². The summed E-state index contributed by atoms with van der Waals surface area (Å²) in [6.07, 6.45) is 6.18. The molecule has 146 valence electrons. The lowest BCUT2D eigenvalue weighted by atomic mass is 10.0. The molecule has 0 amide bonds. The zero-order valence-electron chi connectivity index (χ0n) is 16.5. The van der Waals surface area contributed by atoms with Crippen LogP contribution in [-0.4, -0.2) is 24.2 Å². The Hall–Kier alpha value is -3.60. The summed E-state index contributed by atoms with van der Waals surface area (Å²) in [5.41, 5.74) is 4.31. The Morgan fingerprint density at radius 1 is 0.793 bits per heavy atom. The summed E-state index contributed by atoms with van der Waals surface area (Å²) in [5, 5.41) is 1.11. The van der Waals surface area contributed by atoms with Crippen LogP contribution in [0.3, 0.4) is 0 Å². The zero-order chi connectivity index (χ0) is 20.1. The van der Waals surface area contributed by atoms with Crippen molar-refractivity contribution in [3.8, 4) is 17.2 Å². The first-order valence-electron chi connectivity index (χ1n) is 9.37. The second-order valence-electron chi connectivity index (χ2n) is 6.66. The van der Waals surface area contributed by atoms with Gasteiger partial charge in [0.25, 0.3) is 0 Å². The maximum atomic E-state index is 5.98. The summed E-state index contributed by atoms with van der Waals surface area (Å²) in [6.45, 7) is 0.460. The van der Waals surface area contributed by atoms with Gasteiger partial charge in [0.2, 0.25) is 0 Å². The van der Waals surface area contributed by atoms with Gasteiger partial charge in [-0.2, -0.15) is 0 Å². The molecular formula is C24H22N2O3. The highest BCUT2D eigenvalue weighted by molar-refractivity contribution is 5.81. The van der Waals surface area contributed by atoms with E-state index in [0.29, 0.717) is 6.61 Å². The Labute approximate surface area is 169 Å². The van der Waals surface area contributed by atoms with Crippen molar-refractivity contribution in [1.29, 1.82) is 0 Å². The van der Waals surface area contributed by atoms with Crippen LogP contribution in [0.5, 0.6) is 17.2 Å². The number of nitrogens with zero attached hydrogens (tertiary/aromatic N) is 2. The molecule has 0 aliphatic carbocycles. The lowest BCUT2D eigenvalue weighted by Crippen LogP contribution is -1.99. The molecule has 2 aromatic heterocycles. The highest BCUT2D eigenvalue weighted by Crippen LogP contribution is 2.30. The molecule has 29 heavy (non-hydrogen) atoms. The molecule has 0 radical (unpaired) electrons. The molecule has 0 aliphatic heterocycles. The second kappa shape index (κ2) is 8.61. The fraction of sp³-hybridized carbons (Fsp3) is 0.167. The number of ether oxygens (including phenoxy) is 3. The van der Waals surface area contributed by atoms with Gasteiger partial charge in [0, 0.05) is 17.8 Å². The minimum Gasteiger partial charge on any atom is -0.497 e. The molecule has 0 saturated heterocycles. The molecular weight excluding hydrogens is 364 g/mol. The number of fused-ring (bicyclic) bond motifs is 1. The normalized spacial score (nSPS) is 10.7. The van der Waals surface area contributed by atoms with Crippen molar-refractivity contribution in [1.82, 2.24) is 9.97 Å². The molecule has 2 heterocycles. The van der Waals surface area contributed by atoms with E-state index in [1.807, 2.05) is 54.7 Å². The average Bonchev–Trinajstić information content (AvgIpc) is 2.78. The van der Waals surface area contributed by atoms with Crippen molar-refractivity contribution in [3.63, 3.8) is 0 Å². The van der Waals surface area contributed by atoms with E-state index in [2.05, 4.69) is 16.0 Å². The highest BCUT2D eigenvalue weighted by Gasteiger charge is 2.09. The van der Waals surface area contributed by atoms with Gasteiger partial charge in [0.05, 0.1) is 25.9 Å². The van der Waals surface area contributed by atoms with Crippen LogP contribution in [0.15, 0.2) is 73.2 Å². The van der Waals surface area contributed by atoms with Crippen LogP contribution in [0, 0.1) is 0 Å². The van der Waals surface area contributed by atoms with Crippen LogP contribution in [-0.2, 0) is 13.0 Å². The molecule has 0 fully saturated rings. The SMILES string of the molecule is COc1ccc(COc2ccc(Cc3ccnc4cnccc34)cc2OC)cc1. The Morgan fingerprint density at radius 2 is 1.62 bits per heavy atom. The molecule has 2 aromatic carbocycles. The molecule has 5 heteroatoms. The summed E-state index contributed by atoms with van der Waals surface area (Å²) in [4.78, 5) is 8.53. The first kappa shape index (κ1) is 18.7. The van der Waals surface area contributed by atoms with Gasteiger partial charge in [-0.25, -0.2) is 0 Å². The van der Waals surface area contributed by atoms with E-state index in [9.17, 15) is 0 Å². The molecule has 0 spiro atoms. The molecule has 0 atom stereocenters. The van der Waals surface area contributed by atoms with Crippen molar-refractivity contribution < 1.29 is 14.2 Å². The number of aromatic nitrogens is 2. The molecule has 0 N–H and O–H groups in total. The lowest BCUT2D eigenvalue weighted by molar-refractivity contribution is 0.284. The van der Waals surface area contributed by atoms with E-state index in [1.54, 1.807) is 26.6 Å². The van der Waals surface area contributed by atoms with Gasteiger partial charge in [-0.15, -0.1) is 0 Å². The van der Waals surface area contributed by atoms with Crippen molar-refractivity contribution in [2.45, 2.75) is 13.0 Å². The van der Waals surface area contributed by atoms with Crippen LogP contribution in [0.4, 0.5) is 0 Å². The maximum absolute atomic E-state index is 5.98. The van der Waals surface area contributed by atoms with Crippen molar-refractivity contribution in [2.24, 2.45) is 0 Å². The predicted octanol–water partition coefficient (Wildman–Crippen LogP) is 4.82. The Kier molecular flexibility index (Phi) is 5.56. The predicted molar refractivity (Wildman–Crippen MR) is 113 cm³/mol. The van der Waals surface area contributed by atoms with E-state index >= 15 is 0 Å². The van der Waals surface area contributed by atoms with Gasteiger partial charge in [0.15, 0.2) is 11.5 Å². The molecule has 0 bridgehead atoms. The number of benzene rings is 2. The molecule has 5 nitrogen and oxygen atoms in total. The number of methoxy groups -OCH3 is 2. The lowest BCUT2D eigenvalue weighted by Gasteiger charge is -2.13. The zero-order valence-corrected chi connectivity index (χ0v) is 16.5. The minimum absolute atomic E-state index is 0.460. The van der Waals surface area contributed by atoms with E-state index < -0.39 is 0 Å². The second-order valence-corrected chi connectivity index (χ2v) is 6.66. The van der Waals surface area contributed by atoms with Gasteiger partial charge in [-0.3, -0.25) is 9.97 Å². The number of rotatable bonds is 7. The molecule has 0 saturated carbocycles. The van der Waals surface area contributed by atoms with Gasteiger partial charge in [0.1, 0.15) is 12.4 Å². The van der Waals surface area contributed by atoms with Crippen molar-refractivity contribution >= 4 is 10.9 Å². The van der Waals surface area contributed by atoms with Crippen molar-refractivity contribution in [3.05, 3.63) is 89.9 Å². The Morgan fingerprint density at radius 3 is 2.41 bits per heavy atom. The van der Waals surface area contributed by atoms with Crippen LogP contribution >= 0.6 is 0 Å². The average molecular weight is 386 g/mol. The fourth-order valence-corrected chi connectivity index (χ4v) is 3.26. The smallest absolute Gasteiger partial charge is 0.161 e. The summed E-state index contributed by atoms with van der Waals surface area (Å²) >= 11 is 0. The summed E-state index contributed by atoms with van der Waals surface area (Å²) in [5.74, 6) is 2.27. The van der Waals surface area contributed by atoms with Crippen LogP contribution in [0.25, 0.3) is 10.9 Å². The highest BCUT2D eigenvalue weighted by atomic mass is 16.5. The molecule has 0 unspecified atom stereocenters. The summed E-state index contributed by atoms with van der Waals surface area (Å²) in [7, 11) is 3.32. The first-order valence-corrected chi connectivity index (χ1v) is 9.37. The topological polar surface area (TPSA) is 53.5 Å². The quantitative estimate of drug-likeness (QED) is 0.456. The van der Waals surface area contributed by atoms with E-state index in [1.165, 1.54) is 5.56 Å². The van der Waals surface area contributed by atoms with Crippen LogP contribution in [0.2, 0.25) is 0 Å². The van der Waals surface area contributed by atoms with Crippen molar-refractivity contribution in [2.75, 3.05) is 14.2 Å². The van der Waals surface area contributed by atoms with Gasteiger partial charge in [-0.1, -0.05) is 18.2 Å². The fourth-order valence-electron chi connectivity index (χ4n) is 3.26. The first-order chi connectivity index (χ1) is 14.3. The number of hydrogen-bond acceptors (Lipinski definition) is 5. The van der Waals surface area contributed by atoms with E-state index in [-0.39, 0.29) is 0 Å². The summed E-state index contributed by atoms with van der Waals surface area (Å²) < 4.78 is 16.7. The molecule has 4 rings (SSSR count). The third kappa shape index (κ3) is 4.29. The van der Waals surface area contributed by atoms with E-state index in [0.717, 1.165) is 45.7 Å².